The average Bonchev–Trinajstić information content (AvgIpc) is 3.20. The lowest BCUT2D eigenvalue weighted by Gasteiger charge is -2.13. The summed E-state index contributed by atoms with van der Waals surface area (Å²) in [5.41, 5.74) is 2.65. The van der Waals surface area contributed by atoms with Gasteiger partial charge in [0.05, 0.1) is 11.1 Å². The summed E-state index contributed by atoms with van der Waals surface area (Å²) in [5, 5.41) is 6.76. The average molecular weight is 399 g/mol. The van der Waals surface area contributed by atoms with E-state index < -0.39 is 0 Å². The summed E-state index contributed by atoms with van der Waals surface area (Å²) >= 11 is 1.48. The number of thiophene rings is 1. The number of amides is 2. The van der Waals surface area contributed by atoms with Crippen LogP contribution in [0.3, 0.4) is 0 Å². The Balaban J connectivity index is 1.72. The van der Waals surface area contributed by atoms with E-state index in [9.17, 15) is 14.0 Å². The number of halogens is 1. The van der Waals surface area contributed by atoms with Crippen LogP contribution in [-0.4, -0.2) is 22.9 Å². The quantitative estimate of drug-likeness (QED) is 0.689. The topological polar surface area (TPSA) is 63.1 Å². The van der Waals surface area contributed by atoms with Crippen molar-refractivity contribution in [1.29, 1.82) is 0 Å². The van der Waals surface area contributed by atoms with E-state index in [0.29, 0.717) is 33.7 Å². The number of carbonyl (C=O) groups excluding carboxylic acids is 2. The van der Waals surface area contributed by atoms with Crippen LogP contribution >= 0.6 is 11.3 Å². The number of carbonyl (C=O) groups is 2. The largest absolute Gasteiger partial charge is 0.352 e. The van der Waals surface area contributed by atoms with Crippen molar-refractivity contribution in [1.82, 2.24) is 9.88 Å². The molecule has 0 atom stereocenters. The lowest BCUT2D eigenvalue weighted by Crippen LogP contribution is -2.25. The molecule has 2 N–H and O–H groups in total. The lowest BCUT2D eigenvalue weighted by molar-refractivity contribution is 0.0956. The molecule has 2 heterocycles. The number of aromatic nitrogens is 1. The molecule has 0 saturated heterocycles. The Morgan fingerprint density at radius 2 is 2.00 bits per heavy atom. The highest BCUT2D eigenvalue weighted by Crippen LogP contribution is 2.38. The van der Waals surface area contributed by atoms with Crippen LogP contribution in [0.25, 0.3) is 10.9 Å². The summed E-state index contributed by atoms with van der Waals surface area (Å²) in [5.74, 6) is -0.857. The van der Waals surface area contributed by atoms with Crippen LogP contribution in [0.5, 0.6) is 0 Å². The molecule has 0 fully saturated rings. The first-order valence-electron chi connectivity index (χ1n) is 9.49. The van der Waals surface area contributed by atoms with E-state index in [-0.39, 0.29) is 17.6 Å². The first kappa shape index (κ1) is 18.7. The van der Waals surface area contributed by atoms with Gasteiger partial charge in [-0.05, 0) is 56.4 Å². The Morgan fingerprint density at radius 1 is 1.21 bits per heavy atom. The van der Waals surface area contributed by atoms with Gasteiger partial charge in [0, 0.05) is 23.9 Å². The number of rotatable bonds is 4. The third-order valence-electron chi connectivity index (χ3n) is 5.23. The fraction of sp³-hybridized carbons (Fsp3) is 0.333. The number of hydrogen-bond acceptors (Lipinski definition) is 3. The molecular formula is C21H22FN3O2S. The molecule has 0 spiro atoms. The molecule has 2 aromatic heterocycles. The highest BCUT2D eigenvalue weighted by Gasteiger charge is 2.27. The van der Waals surface area contributed by atoms with Crippen LogP contribution in [0.4, 0.5) is 9.39 Å². The number of nitrogens with one attached hydrogen (secondary N) is 2. The van der Waals surface area contributed by atoms with Crippen molar-refractivity contribution in [3.63, 3.8) is 0 Å². The molecule has 146 valence electrons. The second-order valence-electron chi connectivity index (χ2n) is 6.99. The third-order valence-corrected chi connectivity index (χ3v) is 6.44. The third kappa shape index (κ3) is 3.09. The Hall–Kier alpha value is -2.67. The summed E-state index contributed by atoms with van der Waals surface area (Å²) in [4.78, 5) is 26.8. The lowest BCUT2D eigenvalue weighted by atomic mass is 9.95. The van der Waals surface area contributed by atoms with Crippen LogP contribution in [0.2, 0.25) is 0 Å². The van der Waals surface area contributed by atoms with Gasteiger partial charge in [-0.1, -0.05) is 6.07 Å². The molecule has 0 radical (unpaired) electrons. The zero-order valence-corrected chi connectivity index (χ0v) is 16.7. The minimum Gasteiger partial charge on any atom is -0.352 e. The molecule has 4 rings (SSSR count). The maximum Gasteiger partial charge on any atom is 0.272 e. The van der Waals surface area contributed by atoms with Gasteiger partial charge < -0.3 is 15.2 Å². The number of anilines is 1. The Kier molecular flexibility index (Phi) is 4.93. The van der Waals surface area contributed by atoms with Crippen molar-refractivity contribution >= 4 is 39.1 Å². The highest BCUT2D eigenvalue weighted by molar-refractivity contribution is 7.17. The summed E-state index contributed by atoms with van der Waals surface area (Å²) in [7, 11) is 1.74. The van der Waals surface area contributed by atoms with Crippen LogP contribution in [-0.2, 0) is 19.9 Å². The van der Waals surface area contributed by atoms with Crippen LogP contribution < -0.4 is 10.6 Å². The predicted octanol–water partition coefficient (Wildman–Crippen LogP) is 4.26. The maximum absolute atomic E-state index is 14.1. The van der Waals surface area contributed by atoms with Gasteiger partial charge in [0.2, 0.25) is 0 Å². The van der Waals surface area contributed by atoms with Gasteiger partial charge in [-0.3, -0.25) is 9.59 Å². The Morgan fingerprint density at radius 3 is 2.75 bits per heavy atom. The standard InChI is InChI=1S/C21H22FN3O2S/c1-3-23-20(27)18-12-7-4-5-10-17(12)28-21(18)24-19(26)16-11-13-14(22)8-6-9-15(13)25(16)2/h6,8-9,11H,3-5,7,10H2,1-2H3,(H,23,27)(H,24,26). The van der Waals surface area contributed by atoms with E-state index in [1.807, 2.05) is 6.92 Å². The predicted molar refractivity (Wildman–Crippen MR) is 110 cm³/mol. The van der Waals surface area contributed by atoms with Gasteiger partial charge >= 0.3 is 0 Å². The minimum atomic E-state index is -0.359. The van der Waals surface area contributed by atoms with Crippen molar-refractivity contribution in [2.45, 2.75) is 32.6 Å². The minimum absolute atomic E-state index is 0.153. The maximum atomic E-state index is 14.1. The molecule has 0 saturated carbocycles. The molecule has 28 heavy (non-hydrogen) atoms. The number of hydrogen-bond donors (Lipinski definition) is 2. The zero-order chi connectivity index (χ0) is 19.8. The molecule has 0 unspecified atom stereocenters. The first-order valence-corrected chi connectivity index (χ1v) is 10.3. The summed E-state index contributed by atoms with van der Waals surface area (Å²) < 4.78 is 15.8. The number of nitrogens with zero attached hydrogens (tertiary/aromatic N) is 1. The number of fused-ring (bicyclic) bond motifs is 2. The van der Waals surface area contributed by atoms with Gasteiger partial charge in [-0.2, -0.15) is 0 Å². The van der Waals surface area contributed by atoms with E-state index in [4.69, 9.17) is 0 Å². The van der Waals surface area contributed by atoms with E-state index in [0.717, 1.165) is 31.2 Å². The van der Waals surface area contributed by atoms with Crippen molar-refractivity contribution in [2.75, 3.05) is 11.9 Å². The Bertz CT molecular complexity index is 1080. The van der Waals surface area contributed by atoms with E-state index >= 15 is 0 Å². The van der Waals surface area contributed by atoms with E-state index in [2.05, 4.69) is 10.6 Å². The fourth-order valence-electron chi connectivity index (χ4n) is 3.85. The smallest absolute Gasteiger partial charge is 0.272 e. The van der Waals surface area contributed by atoms with Crippen molar-refractivity contribution in [3.05, 3.63) is 51.8 Å². The van der Waals surface area contributed by atoms with Crippen molar-refractivity contribution < 1.29 is 14.0 Å². The van der Waals surface area contributed by atoms with Crippen molar-refractivity contribution in [2.24, 2.45) is 7.05 Å². The van der Waals surface area contributed by atoms with Gasteiger partial charge in [0.25, 0.3) is 11.8 Å². The van der Waals surface area contributed by atoms with E-state index in [1.165, 1.54) is 22.3 Å². The van der Waals surface area contributed by atoms with E-state index in [1.54, 1.807) is 29.8 Å². The van der Waals surface area contributed by atoms with Crippen molar-refractivity contribution in [3.8, 4) is 0 Å². The second kappa shape index (κ2) is 7.39. The normalized spacial score (nSPS) is 13.4. The second-order valence-corrected chi connectivity index (χ2v) is 8.10. The van der Waals surface area contributed by atoms with Crippen LogP contribution in [0, 0.1) is 5.82 Å². The summed E-state index contributed by atoms with van der Waals surface area (Å²) in [6, 6.07) is 6.34. The molecule has 1 aliphatic carbocycles. The SMILES string of the molecule is CCNC(=O)c1c(NC(=O)c2cc3c(F)cccc3n2C)sc2c1CCCC2. The summed E-state index contributed by atoms with van der Waals surface area (Å²) in [6.07, 6.45) is 3.93. The van der Waals surface area contributed by atoms with Gasteiger partial charge in [0.15, 0.2) is 0 Å². The molecule has 2 amide bonds. The van der Waals surface area contributed by atoms with Gasteiger partial charge in [-0.15, -0.1) is 11.3 Å². The number of benzene rings is 1. The molecule has 5 nitrogen and oxygen atoms in total. The first-order chi connectivity index (χ1) is 13.5. The monoisotopic (exact) mass is 399 g/mol. The highest BCUT2D eigenvalue weighted by atomic mass is 32.1. The molecule has 0 bridgehead atoms. The van der Waals surface area contributed by atoms with Gasteiger partial charge in [0.1, 0.15) is 16.5 Å². The fourth-order valence-corrected chi connectivity index (χ4v) is 5.13. The zero-order valence-electron chi connectivity index (χ0n) is 15.9. The molecular weight excluding hydrogens is 377 g/mol. The molecule has 1 aliphatic rings. The molecule has 0 aliphatic heterocycles. The van der Waals surface area contributed by atoms with Gasteiger partial charge in [-0.25, -0.2) is 4.39 Å². The summed E-state index contributed by atoms with van der Waals surface area (Å²) in [6.45, 7) is 2.40. The Labute approximate surface area is 166 Å². The molecule has 3 aromatic rings. The molecule has 7 heteroatoms. The van der Waals surface area contributed by atoms with Crippen LogP contribution in [0.1, 0.15) is 51.1 Å². The van der Waals surface area contributed by atoms with Crippen LogP contribution in [0.15, 0.2) is 24.3 Å². The number of aryl methyl sites for hydroxylation is 2. The molecule has 1 aromatic carbocycles.